The van der Waals surface area contributed by atoms with E-state index >= 15 is 0 Å². The molecule has 3 unspecified atom stereocenters. The van der Waals surface area contributed by atoms with Gasteiger partial charge < -0.3 is 25.1 Å². The van der Waals surface area contributed by atoms with Crippen LogP contribution in [0.1, 0.15) is 19.3 Å². The van der Waals surface area contributed by atoms with Crippen LogP contribution in [0.15, 0.2) is 0 Å². The number of aliphatic carboxylic acids is 1. The molecular formula is C12H20N2O5. The van der Waals surface area contributed by atoms with Crippen molar-refractivity contribution in [2.45, 2.75) is 31.4 Å². The van der Waals surface area contributed by atoms with Gasteiger partial charge in [0.25, 0.3) is 0 Å². The van der Waals surface area contributed by atoms with Crippen molar-refractivity contribution in [3.8, 4) is 0 Å². The predicted molar refractivity (Wildman–Crippen MR) is 65.5 cm³/mol. The molecule has 0 aromatic heterocycles. The van der Waals surface area contributed by atoms with Crippen molar-refractivity contribution in [2.24, 2.45) is 5.92 Å². The average molecular weight is 272 g/mol. The molecule has 0 bridgehead atoms. The quantitative estimate of drug-likeness (QED) is 0.619. The topological polar surface area (TPSA) is 101 Å². The fourth-order valence-electron chi connectivity index (χ4n) is 2.83. The van der Waals surface area contributed by atoms with Crippen LogP contribution in [0.2, 0.25) is 0 Å². The maximum Gasteiger partial charge on any atom is 0.326 e. The number of aliphatic hydroxyl groups excluding tert-OH is 2. The van der Waals surface area contributed by atoms with Crippen molar-refractivity contribution >= 4 is 12.0 Å². The molecule has 0 saturated carbocycles. The molecule has 2 aliphatic heterocycles. The number of carbonyl (C=O) groups excluding carboxylic acids is 1. The van der Waals surface area contributed by atoms with Crippen LogP contribution in [-0.4, -0.2) is 75.5 Å². The third-order valence-electron chi connectivity index (χ3n) is 3.86. The van der Waals surface area contributed by atoms with Crippen molar-refractivity contribution in [1.29, 1.82) is 0 Å². The molecule has 7 nitrogen and oxygen atoms in total. The van der Waals surface area contributed by atoms with E-state index in [1.54, 1.807) is 4.90 Å². The first-order valence-corrected chi connectivity index (χ1v) is 6.60. The smallest absolute Gasteiger partial charge is 0.326 e. The lowest BCUT2D eigenvalue weighted by molar-refractivity contribution is -0.141. The molecule has 2 heterocycles. The van der Waals surface area contributed by atoms with Crippen molar-refractivity contribution in [2.75, 3.05) is 26.2 Å². The zero-order chi connectivity index (χ0) is 14.0. The Kier molecular flexibility index (Phi) is 4.26. The van der Waals surface area contributed by atoms with Crippen LogP contribution in [0.5, 0.6) is 0 Å². The summed E-state index contributed by atoms with van der Waals surface area (Å²) in [4.78, 5) is 26.2. The van der Waals surface area contributed by atoms with Gasteiger partial charge in [0.1, 0.15) is 6.04 Å². The minimum atomic E-state index is -1.08. The maximum absolute atomic E-state index is 12.3. The van der Waals surface area contributed by atoms with Gasteiger partial charge in [0.05, 0.1) is 6.10 Å². The van der Waals surface area contributed by atoms with E-state index in [9.17, 15) is 14.7 Å². The summed E-state index contributed by atoms with van der Waals surface area (Å²) in [6.07, 6.45) is 0.998. The summed E-state index contributed by atoms with van der Waals surface area (Å²) in [7, 11) is 0. The Balaban J connectivity index is 2.03. The molecule has 0 aromatic rings. The Labute approximate surface area is 111 Å². The highest BCUT2D eigenvalue weighted by molar-refractivity contribution is 5.83. The summed E-state index contributed by atoms with van der Waals surface area (Å²) in [5.74, 6) is -1.02. The number of amides is 2. The summed E-state index contributed by atoms with van der Waals surface area (Å²) in [6.45, 7) is 1.13. The lowest BCUT2D eigenvalue weighted by Gasteiger charge is -2.35. The monoisotopic (exact) mass is 272 g/mol. The molecule has 3 atom stereocenters. The van der Waals surface area contributed by atoms with E-state index in [-0.39, 0.29) is 31.5 Å². The molecule has 7 heteroatoms. The van der Waals surface area contributed by atoms with E-state index in [0.29, 0.717) is 13.1 Å². The first-order valence-electron chi connectivity index (χ1n) is 6.60. The van der Waals surface area contributed by atoms with Crippen molar-refractivity contribution in [1.82, 2.24) is 9.80 Å². The highest BCUT2D eigenvalue weighted by atomic mass is 16.4. The van der Waals surface area contributed by atoms with Crippen LogP contribution in [0.25, 0.3) is 0 Å². The van der Waals surface area contributed by atoms with E-state index < -0.39 is 18.1 Å². The minimum absolute atomic E-state index is 0.0365. The van der Waals surface area contributed by atoms with Gasteiger partial charge in [0.15, 0.2) is 0 Å². The van der Waals surface area contributed by atoms with Crippen LogP contribution >= 0.6 is 0 Å². The molecule has 108 valence electrons. The Morgan fingerprint density at radius 2 is 2.00 bits per heavy atom. The number of carboxylic acids is 1. The van der Waals surface area contributed by atoms with Crippen molar-refractivity contribution in [3.05, 3.63) is 0 Å². The number of hydrogen-bond acceptors (Lipinski definition) is 4. The maximum atomic E-state index is 12.3. The highest BCUT2D eigenvalue weighted by Crippen LogP contribution is 2.23. The molecule has 2 rings (SSSR count). The van der Waals surface area contributed by atoms with Gasteiger partial charge in [-0.15, -0.1) is 0 Å². The van der Waals surface area contributed by atoms with E-state index in [1.807, 2.05) is 0 Å². The summed E-state index contributed by atoms with van der Waals surface area (Å²) in [6, 6.07) is -1.29. The van der Waals surface area contributed by atoms with Gasteiger partial charge in [-0.2, -0.15) is 0 Å². The van der Waals surface area contributed by atoms with Gasteiger partial charge in [-0.1, -0.05) is 0 Å². The minimum Gasteiger partial charge on any atom is -0.480 e. The standard InChI is InChI=1S/C12H20N2O5/c15-7-8-2-1-3-13(5-8)12(19)14-6-9(16)4-10(14)11(17)18/h8-10,15-16H,1-7H2,(H,17,18). The van der Waals surface area contributed by atoms with Gasteiger partial charge in [0, 0.05) is 32.7 Å². The zero-order valence-corrected chi connectivity index (χ0v) is 10.7. The molecule has 19 heavy (non-hydrogen) atoms. The van der Waals surface area contributed by atoms with E-state index in [2.05, 4.69) is 0 Å². The van der Waals surface area contributed by atoms with Gasteiger partial charge in [-0.3, -0.25) is 0 Å². The lowest BCUT2D eigenvalue weighted by Crippen LogP contribution is -2.51. The number of β-amino-alcohol motifs (C(OH)–C–C–N with tert-alkyl or cyclic N) is 1. The Morgan fingerprint density at radius 3 is 2.63 bits per heavy atom. The molecule has 2 saturated heterocycles. The molecular weight excluding hydrogens is 252 g/mol. The first-order chi connectivity index (χ1) is 9.02. The predicted octanol–water partition coefficient (Wildman–Crippen LogP) is -0.669. The van der Waals surface area contributed by atoms with Crippen LogP contribution < -0.4 is 0 Å². The number of nitrogens with zero attached hydrogens (tertiary/aromatic N) is 2. The average Bonchev–Trinajstić information content (AvgIpc) is 2.80. The molecule has 2 amide bonds. The van der Waals surface area contributed by atoms with Gasteiger partial charge in [-0.25, -0.2) is 9.59 Å². The van der Waals surface area contributed by atoms with Crippen molar-refractivity contribution < 1.29 is 24.9 Å². The molecule has 3 N–H and O–H groups in total. The van der Waals surface area contributed by atoms with Crippen LogP contribution in [0.4, 0.5) is 4.79 Å². The van der Waals surface area contributed by atoms with Crippen molar-refractivity contribution in [3.63, 3.8) is 0 Å². The zero-order valence-electron chi connectivity index (χ0n) is 10.7. The number of likely N-dealkylation sites (tertiary alicyclic amines) is 2. The van der Waals surface area contributed by atoms with E-state index in [4.69, 9.17) is 10.2 Å². The molecule has 0 aromatic carbocycles. The number of aliphatic hydroxyl groups is 2. The van der Waals surface area contributed by atoms with Crippen LogP contribution in [0, 0.1) is 5.92 Å². The van der Waals surface area contributed by atoms with Gasteiger partial charge in [0.2, 0.25) is 0 Å². The van der Waals surface area contributed by atoms with Gasteiger partial charge >= 0.3 is 12.0 Å². The second kappa shape index (κ2) is 5.75. The Bertz CT molecular complexity index is 362. The third-order valence-corrected chi connectivity index (χ3v) is 3.86. The SMILES string of the molecule is O=C(O)C1CC(O)CN1C(=O)N1CCCC(CO)C1. The molecule has 2 aliphatic rings. The Morgan fingerprint density at radius 1 is 1.26 bits per heavy atom. The van der Waals surface area contributed by atoms with E-state index in [0.717, 1.165) is 12.8 Å². The van der Waals surface area contributed by atoms with Crippen LogP contribution in [0.3, 0.4) is 0 Å². The molecule has 2 fully saturated rings. The third kappa shape index (κ3) is 2.98. The number of carboxylic acid groups (broad SMARTS) is 1. The summed E-state index contributed by atoms with van der Waals surface area (Å²) in [5.41, 5.74) is 0. The first kappa shape index (κ1) is 14.1. The molecule has 0 spiro atoms. The Hall–Kier alpha value is -1.34. The second-order valence-corrected chi connectivity index (χ2v) is 5.32. The van der Waals surface area contributed by atoms with Crippen LogP contribution in [-0.2, 0) is 4.79 Å². The highest BCUT2D eigenvalue weighted by Gasteiger charge is 2.41. The number of rotatable bonds is 2. The number of hydrogen-bond donors (Lipinski definition) is 3. The lowest BCUT2D eigenvalue weighted by atomic mass is 9.99. The molecule has 0 radical (unpaired) electrons. The van der Waals surface area contributed by atoms with Gasteiger partial charge in [-0.05, 0) is 18.8 Å². The normalized spacial score (nSPS) is 31.6. The largest absolute Gasteiger partial charge is 0.480 e. The number of urea groups is 1. The fourth-order valence-corrected chi connectivity index (χ4v) is 2.83. The summed E-state index contributed by atoms with van der Waals surface area (Å²) >= 11 is 0. The fraction of sp³-hybridized carbons (Fsp3) is 0.833. The summed E-state index contributed by atoms with van der Waals surface area (Å²) < 4.78 is 0. The number of carbonyl (C=O) groups is 2. The summed E-state index contributed by atoms with van der Waals surface area (Å²) in [5, 5.41) is 27.8. The number of piperidine rings is 1. The molecule has 0 aliphatic carbocycles. The second-order valence-electron chi connectivity index (χ2n) is 5.32. The van der Waals surface area contributed by atoms with E-state index in [1.165, 1.54) is 4.90 Å².